The molecular weight excluding hydrogens is 494 g/mol. The van der Waals surface area contributed by atoms with Crippen molar-refractivity contribution in [2.24, 2.45) is 0 Å². The summed E-state index contributed by atoms with van der Waals surface area (Å²) in [4.78, 5) is 17.3. The second-order valence-corrected chi connectivity index (χ2v) is 9.66. The number of ether oxygens (including phenoxy) is 1. The van der Waals surface area contributed by atoms with Gasteiger partial charge in [-0.05, 0) is 98.6 Å². The Morgan fingerprint density at radius 2 is 1.83 bits per heavy atom. The number of halogens is 1. The van der Waals surface area contributed by atoms with Crippen LogP contribution in [-0.2, 0) is 0 Å². The number of benzene rings is 3. The first-order valence-electron chi connectivity index (χ1n) is 11.8. The van der Waals surface area contributed by atoms with E-state index in [1.807, 2.05) is 26.0 Å². The van der Waals surface area contributed by atoms with Crippen LogP contribution in [0.3, 0.4) is 0 Å². The molecule has 0 fully saturated rings. The molecule has 0 aliphatic carbocycles. The number of carbonyl (C=O) groups excluding carboxylic acids is 1. The SMILES string of the molecule is CC[C@@H](C)c1ccc2oc(-c3ccc(Cl)c(NC(=S)NC(=O)c4ccc(OC(C)C)cc4)c3)nc2c1. The Kier molecular flexibility index (Phi) is 7.91. The molecule has 1 atom stereocenters. The standard InChI is InChI=1S/C28H28ClN3O3S/c1-5-17(4)19-9-13-25-24(14-19)30-27(35-25)20-8-12-22(29)23(15-20)31-28(36)32-26(33)18-6-10-21(11-7-18)34-16(2)3/h6-17H,5H2,1-4H3,(H2,31,32,33,36)/t17-/m1/s1. The van der Waals surface area contributed by atoms with Crippen LogP contribution in [0.25, 0.3) is 22.6 Å². The molecule has 6 nitrogen and oxygen atoms in total. The van der Waals surface area contributed by atoms with E-state index in [2.05, 4.69) is 41.6 Å². The lowest BCUT2D eigenvalue weighted by Gasteiger charge is -2.12. The fourth-order valence-corrected chi connectivity index (χ4v) is 4.02. The lowest BCUT2D eigenvalue weighted by molar-refractivity contribution is 0.0977. The van der Waals surface area contributed by atoms with Gasteiger partial charge in [0, 0.05) is 11.1 Å². The minimum absolute atomic E-state index is 0.0546. The van der Waals surface area contributed by atoms with Gasteiger partial charge in [0.05, 0.1) is 16.8 Å². The summed E-state index contributed by atoms with van der Waals surface area (Å²) in [7, 11) is 0. The van der Waals surface area contributed by atoms with Crippen LogP contribution in [0.15, 0.2) is 65.1 Å². The van der Waals surface area contributed by atoms with E-state index in [1.54, 1.807) is 36.4 Å². The highest BCUT2D eigenvalue weighted by atomic mass is 35.5. The van der Waals surface area contributed by atoms with Gasteiger partial charge in [-0.25, -0.2) is 4.98 Å². The predicted octanol–water partition coefficient (Wildman–Crippen LogP) is 7.58. The van der Waals surface area contributed by atoms with Gasteiger partial charge in [0.1, 0.15) is 11.3 Å². The highest BCUT2D eigenvalue weighted by molar-refractivity contribution is 7.80. The van der Waals surface area contributed by atoms with Crippen LogP contribution in [-0.4, -0.2) is 22.1 Å². The largest absolute Gasteiger partial charge is 0.491 e. The Bertz CT molecular complexity index is 1400. The van der Waals surface area contributed by atoms with Crippen LogP contribution in [0.4, 0.5) is 5.69 Å². The predicted molar refractivity (Wildman–Crippen MR) is 149 cm³/mol. The van der Waals surface area contributed by atoms with Crippen LogP contribution >= 0.6 is 23.8 Å². The molecule has 2 N–H and O–H groups in total. The summed E-state index contributed by atoms with van der Waals surface area (Å²) in [6.07, 6.45) is 1.11. The summed E-state index contributed by atoms with van der Waals surface area (Å²) in [5.74, 6) is 1.28. The molecule has 8 heteroatoms. The van der Waals surface area contributed by atoms with E-state index in [-0.39, 0.29) is 17.1 Å². The van der Waals surface area contributed by atoms with Gasteiger partial charge in [0.15, 0.2) is 10.7 Å². The monoisotopic (exact) mass is 521 g/mol. The molecule has 0 aliphatic rings. The van der Waals surface area contributed by atoms with Crippen molar-refractivity contribution >= 4 is 51.6 Å². The van der Waals surface area contributed by atoms with Gasteiger partial charge in [-0.1, -0.05) is 31.5 Å². The number of carbonyl (C=O) groups is 1. The molecule has 1 heterocycles. The fourth-order valence-electron chi connectivity index (χ4n) is 3.65. The second kappa shape index (κ2) is 11.1. The molecule has 36 heavy (non-hydrogen) atoms. The van der Waals surface area contributed by atoms with Gasteiger partial charge in [-0.3, -0.25) is 10.1 Å². The van der Waals surface area contributed by atoms with Gasteiger partial charge < -0.3 is 14.5 Å². The Balaban J connectivity index is 1.47. The zero-order valence-electron chi connectivity index (χ0n) is 20.6. The molecule has 0 saturated heterocycles. The fraction of sp³-hybridized carbons (Fsp3) is 0.250. The van der Waals surface area contributed by atoms with Crippen molar-refractivity contribution in [2.75, 3.05) is 5.32 Å². The molecule has 3 aromatic carbocycles. The number of anilines is 1. The molecule has 4 rings (SSSR count). The van der Waals surface area contributed by atoms with Gasteiger partial charge in [0.25, 0.3) is 5.91 Å². The summed E-state index contributed by atoms with van der Waals surface area (Å²) in [5, 5.41) is 6.24. The van der Waals surface area contributed by atoms with Crippen molar-refractivity contribution < 1.29 is 13.9 Å². The highest BCUT2D eigenvalue weighted by Gasteiger charge is 2.14. The van der Waals surface area contributed by atoms with Crippen molar-refractivity contribution in [3.63, 3.8) is 0 Å². The molecular formula is C28H28ClN3O3S. The summed E-state index contributed by atoms with van der Waals surface area (Å²) in [6.45, 7) is 8.24. The van der Waals surface area contributed by atoms with E-state index in [0.717, 1.165) is 17.5 Å². The third kappa shape index (κ3) is 6.04. The van der Waals surface area contributed by atoms with E-state index in [1.165, 1.54) is 5.56 Å². The van der Waals surface area contributed by atoms with Gasteiger partial charge in [-0.15, -0.1) is 0 Å². The van der Waals surface area contributed by atoms with Crippen LogP contribution in [0, 0.1) is 0 Å². The number of nitrogens with zero attached hydrogens (tertiary/aromatic N) is 1. The maximum absolute atomic E-state index is 12.6. The van der Waals surface area contributed by atoms with Gasteiger partial charge in [0.2, 0.25) is 5.89 Å². The van der Waals surface area contributed by atoms with E-state index < -0.39 is 0 Å². The molecule has 0 aliphatic heterocycles. The van der Waals surface area contributed by atoms with E-state index in [9.17, 15) is 4.79 Å². The number of rotatable bonds is 7. The van der Waals surface area contributed by atoms with Crippen LogP contribution in [0.1, 0.15) is 56.0 Å². The molecule has 0 spiro atoms. The summed E-state index contributed by atoms with van der Waals surface area (Å²) >= 11 is 11.7. The van der Waals surface area contributed by atoms with Crippen molar-refractivity contribution in [1.29, 1.82) is 0 Å². The third-order valence-corrected chi connectivity index (χ3v) is 6.30. The van der Waals surface area contributed by atoms with Gasteiger partial charge in [-0.2, -0.15) is 0 Å². The molecule has 0 saturated carbocycles. The lowest BCUT2D eigenvalue weighted by Crippen LogP contribution is -2.34. The first-order chi connectivity index (χ1) is 17.2. The van der Waals surface area contributed by atoms with Crippen molar-refractivity contribution in [3.05, 3.63) is 76.8 Å². The number of oxazole rings is 1. The smallest absolute Gasteiger partial charge is 0.257 e. The Hall–Kier alpha value is -3.42. The van der Waals surface area contributed by atoms with Crippen LogP contribution < -0.4 is 15.4 Å². The average Bonchev–Trinajstić information content (AvgIpc) is 3.28. The van der Waals surface area contributed by atoms with E-state index in [0.29, 0.717) is 39.4 Å². The summed E-state index contributed by atoms with van der Waals surface area (Å²) in [6, 6.07) is 18.3. The number of aromatic nitrogens is 1. The van der Waals surface area contributed by atoms with E-state index >= 15 is 0 Å². The van der Waals surface area contributed by atoms with Crippen molar-refractivity contribution in [2.45, 2.75) is 46.1 Å². The maximum atomic E-state index is 12.6. The molecule has 1 amide bonds. The first-order valence-corrected chi connectivity index (χ1v) is 12.6. The zero-order chi connectivity index (χ0) is 25.8. The van der Waals surface area contributed by atoms with E-state index in [4.69, 9.17) is 33.0 Å². The number of fused-ring (bicyclic) bond motifs is 1. The lowest BCUT2D eigenvalue weighted by atomic mass is 9.98. The number of nitrogens with one attached hydrogen (secondary N) is 2. The van der Waals surface area contributed by atoms with Crippen molar-refractivity contribution in [1.82, 2.24) is 10.3 Å². The Morgan fingerprint density at radius 1 is 1.08 bits per heavy atom. The minimum Gasteiger partial charge on any atom is -0.491 e. The summed E-state index contributed by atoms with van der Waals surface area (Å²) < 4.78 is 11.6. The number of hydrogen-bond donors (Lipinski definition) is 2. The Morgan fingerprint density at radius 3 is 2.53 bits per heavy atom. The van der Waals surface area contributed by atoms with Gasteiger partial charge >= 0.3 is 0 Å². The highest BCUT2D eigenvalue weighted by Crippen LogP contribution is 2.31. The molecule has 1 aromatic heterocycles. The Labute approximate surface area is 221 Å². The molecule has 0 radical (unpaired) electrons. The van der Waals surface area contributed by atoms with Crippen LogP contribution in [0.2, 0.25) is 5.02 Å². The normalized spacial score (nSPS) is 11.9. The maximum Gasteiger partial charge on any atom is 0.257 e. The van der Waals surface area contributed by atoms with Crippen LogP contribution in [0.5, 0.6) is 5.75 Å². The minimum atomic E-state index is -0.341. The second-order valence-electron chi connectivity index (χ2n) is 8.85. The number of hydrogen-bond acceptors (Lipinski definition) is 5. The summed E-state index contributed by atoms with van der Waals surface area (Å²) in [5.41, 5.74) is 4.47. The molecule has 186 valence electrons. The first kappa shape index (κ1) is 25.7. The quantitative estimate of drug-likeness (QED) is 0.244. The average molecular weight is 522 g/mol. The molecule has 0 bridgehead atoms. The van der Waals surface area contributed by atoms with Crippen molar-refractivity contribution in [3.8, 4) is 17.2 Å². The number of thiocarbonyl (C=S) groups is 1. The third-order valence-electron chi connectivity index (χ3n) is 5.77. The molecule has 4 aromatic rings. The zero-order valence-corrected chi connectivity index (χ0v) is 22.2. The number of amides is 1. The molecule has 0 unspecified atom stereocenters. The topological polar surface area (TPSA) is 76.4 Å².